The molecule has 4 rings (SSSR count). The van der Waals surface area contributed by atoms with E-state index in [1.165, 1.54) is 21.5 Å². The molecule has 0 aliphatic carbocycles. The van der Waals surface area contributed by atoms with Gasteiger partial charge in [0.05, 0.1) is 10.9 Å². The monoisotopic (exact) mass is 482 g/mol. The molecule has 1 aromatic heterocycles. The molecule has 0 saturated carbocycles. The highest BCUT2D eigenvalue weighted by Crippen LogP contribution is 2.29. The van der Waals surface area contributed by atoms with Crippen LogP contribution in [0.1, 0.15) is 48.3 Å². The van der Waals surface area contributed by atoms with Crippen molar-refractivity contribution in [2.75, 3.05) is 31.1 Å². The van der Waals surface area contributed by atoms with Crippen molar-refractivity contribution in [3.05, 3.63) is 65.0 Å². The molecule has 1 unspecified atom stereocenters. The van der Waals surface area contributed by atoms with Gasteiger partial charge in [0.25, 0.3) is 0 Å². The zero-order valence-corrected chi connectivity index (χ0v) is 21.3. The van der Waals surface area contributed by atoms with Gasteiger partial charge in [-0.3, -0.25) is 4.90 Å². The Balaban J connectivity index is 1.51. The van der Waals surface area contributed by atoms with Gasteiger partial charge in [0.15, 0.2) is 21.5 Å². The molecule has 1 aliphatic heterocycles. The fraction of sp³-hybridized carbons (Fsp3) is 0.480. The Morgan fingerprint density at radius 1 is 0.941 bits per heavy atom. The van der Waals surface area contributed by atoms with Crippen molar-refractivity contribution in [1.29, 1.82) is 0 Å². The van der Waals surface area contributed by atoms with Gasteiger partial charge in [-0.25, -0.2) is 13.1 Å². The maximum absolute atomic E-state index is 13.0. The molecule has 0 N–H and O–H groups in total. The standard InChI is InChI=1S/C25H34N6O2S/c1-5-6-23(29-13-15-30(16-14-29)24-17-20(3)7-10-21(24)4)25-26-27-28-31(25)18-34(32,33)22-11-8-19(2)9-12-22/h7-12,17,23H,5-6,13-16,18H2,1-4H3. The van der Waals surface area contributed by atoms with Gasteiger partial charge < -0.3 is 4.90 Å². The molecule has 1 saturated heterocycles. The number of nitrogens with zero attached hydrogens (tertiary/aromatic N) is 6. The lowest BCUT2D eigenvalue weighted by atomic mass is 10.1. The summed E-state index contributed by atoms with van der Waals surface area (Å²) in [6.45, 7) is 11.9. The highest BCUT2D eigenvalue weighted by atomic mass is 32.2. The molecular weight excluding hydrogens is 448 g/mol. The maximum atomic E-state index is 13.0. The van der Waals surface area contributed by atoms with Gasteiger partial charge in [-0.05, 0) is 66.9 Å². The summed E-state index contributed by atoms with van der Waals surface area (Å²) in [6, 6.07) is 13.5. The third kappa shape index (κ3) is 5.31. The molecule has 0 bridgehead atoms. The summed E-state index contributed by atoms with van der Waals surface area (Å²) in [5.74, 6) is 0.360. The third-order valence-electron chi connectivity index (χ3n) is 6.55. The van der Waals surface area contributed by atoms with Crippen LogP contribution < -0.4 is 4.90 Å². The molecule has 9 heteroatoms. The minimum absolute atomic E-state index is 0.0195. The van der Waals surface area contributed by atoms with E-state index in [2.05, 4.69) is 64.3 Å². The highest BCUT2D eigenvalue weighted by Gasteiger charge is 2.30. The predicted octanol–water partition coefficient (Wildman–Crippen LogP) is 3.69. The Morgan fingerprint density at radius 2 is 1.62 bits per heavy atom. The first-order valence-electron chi connectivity index (χ1n) is 11.9. The zero-order valence-electron chi connectivity index (χ0n) is 20.5. The molecule has 0 spiro atoms. The Kier molecular flexibility index (Phi) is 7.33. The van der Waals surface area contributed by atoms with E-state index in [4.69, 9.17) is 0 Å². The Morgan fingerprint density at radius 3 is 2.29 bits per heavy atom. The molecule has 2 heterocycles. The van der Waals surface area contributed by atoms with Crippen molar-refractivity contribution in [3.63, 3.8) is 0 Å². The Labute approximate surface area is 202 Å². The summed E-state index contributed by atoms with van der Waals surface area (Å²) in [5, 5.41) is 12.2. The number of benzene rings is 2. The predicted molar refractivity (Wildman–Crippen MR) is 134 cm³/mol. The first-order valence-corrected chi connectivity index (χ1v) is 13.6. The Bertz CT molecular complexity index is 1210. The van der Waals surface area contributed by atoms with Crippen LogP contribution in [-0.4, -0.2) is 59.7 Å². The fourth-order valence-electron chi connectivity index (χ4n) is 4.61. The molecule has 1 fully saturated rings. The van der Waals surface area contributed by atoms with Crippen molar-refractivity contribution >= 4 is 15.5 Å². The SMILES string of the molecule is CCCC(c1nnnn1CS(=O)(=O)c1ccc(C)cc1)N1CCN(c2cc(C)ccc2C)CC1. The molecule has 0 radical (unpaired) electrons. The van der Waals surface area contributed by atoms with Crippen LogP contribution in [0.2, 0.25) is 0 Å². The summed E-state index contributed by atoms with van der Waals surface area (Å²) in [7, 11) is -3.56. The third-order valence-corrected chi connectivity index (χ3v) is 8.13. The van der Waals surface area contributed by atoms with Crippen LogP contribution in [0.15, 0.2) is 47.4 Å². The van der Waals surface area contributed by atoms with E-state index in [-0.39, 0.29) is 16.8 Å². The summed E-state index contributed by atoms with van der Waals surface area (Å²) < 4.78 is 27.5. The molecule has 1 aliphatic rings. The van der Waals surface area contributed by atoms with E-state index < -0.39 is 9.84 Å². The average Bonchev–Trinajstić information content (AvgIpc) is 3.26. The summed E-state index contributed by atoms with van der Waals surface area (Å²) >= 11 is 0. The van der Waals surface area contributed by atoms with Crippen LogP contribution >= 0.6 is 0 Å². The van der Waals surface area contributed by atoms with Crippen LogP contribution in [0.5, 0.6) is 0 Å². The zero-order chi connectivity index (χ0) is 24.3. The van der Waals surface area contributed by atoms with Crippen molar-refractivity contribution in [2.24, 2.45) is 0 Å². The molecular formula is C25H34N6O2S. The van der Waals surface area contributed by atoms with Crippen molar-refractivity contribution in [1.82, 2.24) is 25.1 Å². The summed E-state index contributed by atoms with van der Waals surface area (Å²) in [5.41, 5.74) is 4.86. The van der Waals surface area contributed by atoms with Gasteiger partial charge in [0.1, 0.15) is 0 Å². The number of piperazine rings is 1. The van der Waals surface area contributed by atoms with Gasteiger partial charge >= 0.3 is 0 Å². The number of aromatic nitrogens is 4. The molecule has 34 heavy (non-hydrogen) atoms. The van der Waals surface area contributed by atoms with E-state index in [9.17, 15) is 8.42 Å². The van der Waals surface area contributed by atoms with E-state index in [1.54, 1.807) is 12.1 Å². The largest absolute Gasteiger partial charge is 0.369 e. The second-order valence-electron chi connectivity index (χ2n) is 9.21. The van der Waals surface area contributed by atoms with Crippen molar-refractivity contribution < 1.29 is 8.42 Å². The van der Waals surface area contributed by atoms with Gasteiger partial charge in [-0.1, -0.05) is 43.2 Å². The van der Waals surface area contributed by atoms with E-state index >= 15 is 0 Å². The molecule has 0 amide bonds. The van der Waals surface area contributed by atoms with E-state index in [1.807, 2.05) is 19.1 Å². The maximum Gasteiger partial charge on any atom is 0.198 e. The second-order valence-corrected chi connectivity index (χ2v) is 11.2. The first-order chi connectivity index (χ1) is 16.3. The van der Waals surface area contributed by atoms with E-state index in [0.29, 0.717) is 5.82 Å². The fourth-order valence-corrected chi connectivity index (χ4v) is 5.81. The van der Waals surface area contributed by atoms with Crippen LogP contribution in [-0.2, 0) is 15.7 Å². The Hall–Kier alpha value is -2.78. The molecule has 2 aromatic carbocycles. The molecule has 3 aromatic rings. The van der Waals surface area contributed by atoms with Gasteiger partial charge in [0.2, 0.25) is 0 Å². The first kappa shape index (κ1) is 24.3. The number of aryl methyl sites for hydroxylation is 3. The number of rotatable bonds is 8. The van der Waals surface area contributed by atoms with Crippen LogP contribution in [0.25, 0.3) is 0 Å². The summed E-state index contributed by atoms with van der Waals surface area (Å²) in [6.07, 6.45) is 1.83. The van der Waals surface area contributed by atoms with Crippen LogP contribution in [0, 0.1) is 20.8 Å². The number of tetrazole rings is 1. The van der Waals surface area contributed by atoms with Gasteiger partial charge in [-0.15, -0.1) is 5.10 Å². The highest BCUT2D eigenvalue weighted by molar-refractivity contribution is 7.90. The van der Waals surface area contributed by atoms with Crippen molar-refractivity contribution in [2.45, 2.75) is 57.4 Å². The molecule has 1 atom stereocenters. The lowest BCUT2D eigenvalue weighted by Gasteiger charge is -2.40. The average molecular weight is 483 g/mol. The second kappa shape index (κ2) is 10.2. The quantitative estimate of drug-likeness (QED) is 0.484. The van der Waals surface area contributed by atoms with E-state index in [0.717, 1.165) is 44.6 Å². The minimum Gasteiger partial charge on any atom is -0.369 e. The van der Waals surface area contributed by atoms with Crippen molar-refractivity contribution in [3.8, 4) is 0 Å². The number of sulfone groups is 1. The number of hydrogen-bond acceptors (Lipinski definition) is 7. The number of hydrogen-bond donors (Lipinski definition) is 0. The van der Waals surface area contributed by atoms with Gasteiger partial charge in [0, 0.05) is 31.9 Å². The summed E-state index contributed by atoms with van der Waals surface area (Å²) in [4.78, 5) is 5.12. The molecule has 182 valence electrons. The molecule has 8 nitrogen and oxygen atoms in total. The number of anilines is 1. The lowest BCUT2D eigenvalue weighted by molar-refractivity contribution is 0.165. The van der Waals surface area contributed by atoms with Gasteiger partial charge in [-0.2, -0.15) is 0 Å². The normalized spacial score (nSPS) is 16.1. The smallest absolute Gasteiger partial charge is 0.198 e. The lowest BCUT2D eigenvalue weighted by Crippen LogP contribution is -2.48. The van der Waals surface area contributed by atoms with Crippen LogP contribution in [0.4, 0.5) is 5.69 Å². The minimum atomic E-state index is -3.56. The topological polar surface area (TPSA) is 84.2 Å². The van der Waals surface area contributed by atoms with Crippen LogP contribution in [0.3, 0.4) is 0 Å².